The Hall–Kier alpha value is -2.90. The summed E-state index contributed by atoms with van der Waals surface area (Å²) in [7, 11) is 0. The second-order valence-electron chi connectivity index (χ2n) is 6.36. The summed E-state index contributed by atoms with van der Waals surface area (Å²) < 4.78 is 0.867. The van der Waals surface area contributed by atoms with Crippen LogP contribution in [-0.2, 0) is 9.59 Å². The molecule has 1 aromatic heterocycles. The molecule has 8 heteroatoms. The van der Waals surface area contributed by atoms with Crippen molar-refractivity contribution in [2.75, 3.05) is 0 Å². The number of aromatic amines is 1. The number of fused-ring (bicyclic) bond motifs is 1. The first-order valence-electron chi connectivity index (χ1n) is 7.99. The van der Waals surface area contributed by atoms with E-state index in [0.29, 0.717) is 5.52 Å². The van der Waals surface area contributed by atoms with Crippen LogP contribution in [0.4, 0.5) is 0 Å². The van der Waals surface area contributed by atoms with Gasteiger partial charge in [-0.25, -0.2) is 9.36 Å². The number of carboxylic acid groups (broad SMARTS) is 1. The van der Waals surface area contributed by atoms with Crippen molar-refractivity contribution in [3.8, 4) is 0 Å². The molecule has 0 unspecified atom stereocenters. The van der Waals surface area contributed by atoms with Gasteiger partial charge in [0.2, 0.25) is 5.91 Å². The van der Waals surface area contributed by atoms with E-state index in [1.165, 1.54) is 6.92 Å². The molecule has 2 atom stereocenters. The van der Waals surface area contributed by atoms with E-state index < -0.39 is 35.2 Å². The fraction of sp³-hybridized carbons (Fsp3) is 0.412. The molecule has 2 rings (SSSR count). The standard InChI is InChI=1S/C17H21N3O5/c1-9(2)8-13(14(21)18-10(3)16(23)24)20-15(22)11-6-4-5-7-12(11)19-17(20)25/h4-7,9-10,13H,8H2,1-3H3,(H,18,21)(H,19,25)(H,23,24)/t10-,13+/m1/s1. The lowest BCUT2D eigenvalue weighted by atomic mass is 10.0. The second kappa shape index (κ2) is 7.33. The third-order valence-corrected chi connectivity index (χ3v) is 3.87. The maximum atomic E-state index is 12.7. The topological polar surface area (TPSA) is 121 Å². The van der Waals surface area contributed by atoms with Gasteiger partial charge in [0.25, 0.3) is 5.56 Å². The van der Waals surface area contributed by atoms with Gasteiger partial charge in [-0.15, -0.1) is 0 Å². The van der Waals surface area contributed by atoms with Crippen LogP contribution in [0.25, 0.3) is 10.9 Å². The zero-order valence-electron chi connectivity index (χ0n) is 14.3. The van der Waals surface area contributed by atoms with Gasteiger partial charge in [-0.05, 0) is 31.4 Å². The molecule has 1 amide bonds. The van der Waals surface area contributed by atoms with Gasteiger partial charge in [0.05, 0.1) is 10.9 Å². The smallest absolute Gasteiger partial charge is 0.329 e. The summed E-state index contributed by atoms with van der Waals surface area (Å²) in [6.07, 6.45) is 0.222. The summed E-state index contributed by atoms with van der Waals surface area (Å²) >= 11 is 0. The fourth-order valence-corrected chi connectivity index (χ4v) is 2.61. The van der Waals surface area contributed by atoms with Gasteiger partial charge in [0.1, 0.15) is 12.1 Å². The molecule has 0 saturated carbocycles. The number of carbonyl (C=O) groups excluding carboxylic acids is 1. The zero-order chi connectivity index (χ0) is 18.7. The molecule has 0 aliphatic carbocycles. The van der Waals surface area contributed by atoms with Gasteiger partial charge in [-0.3, -0.25) is 14.4 Å². The van der Waals surface area contributed by atoms with Crippen molar-refractivity contribution in [3.63, 3.8) is 0 Å². The maximum absolute atomic E-state index is 12.7. The average Bonchev–Trinajstić information content (AvgIpc) is 2.53. The predicted molar refractivity (Wildman–Crippen MR) is 92.6 cm³/mol. The highest BCUT2D eigenvalue weighted by Crippen LogP contribution is 2.16. The maximum Gasteiger partial charge on any atom is 0.329 e. The fourth-order valence-electron chi connectivity index (χ4n) is 2.61. The summed E-state index contributed by atoms with van der Waals surface area (Å²) in [5.74, 6) is -1.86. The SMILES string of the molecule is CC(C)C[C@@H](C(=O)N[C@H](C)C(=O)O)n1c(=O)[nH]c2ccccc2c1=O. The van der Waals surface area contributed by atoms with Crippen molar-refractivity contribution in [1.29, 1.82) is 0 Å². The van der Waals surface area contributed by atoms with E-state index in [-0.39, 0.29) is 17.7 Å². The van der Waals surface area contributed by atoms with Crippen molar-refractivity contribution >= 4 is 22.8 Å². The van der Waals surface area contributed by atoms with Crippen molar-refractivity contribution in [2.45, 2.75) is 39.3 Å². The van der Waals surface area contributed by atoms with Gasteiger partial charge < -0.3 is 15.4 Å². The number of carboxylic acids is 1. The minimum Gasteiger partial charge on any atom is -0.480 e. The molecule has 25 heavy (non-hydrogen) atoms. The van der Waals surface area contributed by atoms with Gasteiger partial charge in [-0.2, -0.15) is 0 Å². The number of nitrogens with one attached hydrogen (secondary N) is 2. The van der Waals surface area contributed by atoms with Crippen LogP contribution in [0, 0.1) is 5.92 Å². The number of hydrogen-bond acceptors (Lipinski definition) is 4. The molecular formula is C17H21N3O5. The number of aliphatic carboxylic acids is 1. The Bertz CT molecular complexity index is 912. The van der Waals surface area contributed by atoms with Crippen LogP contribution in [0.1, 0.15) is 33.2 Å². The van der Waals surface area contributed by atoms with Gasteiger partial charge >= 0.3 is 11.7 Å². The highest BCUT2D eigenvalue weighted by Gasteiger charge is 2.28. The summed E-state index contributed by atoms with van der Waals surface area (Å²) in [6, 6.07) is 4.30. The van der Waals surface area contributed by atoms with Gasteiger partial charge in [0.15, 0.2) is 0 Å². The molecule has 134 valence electrons. The number of para-hydroxylation sites is 1. The predicted octanol–water partition coefficient (Wildman–Crippen LogP) is 0.866. The molecule has 8 nitrogen and oxygen atoms in total. The average molecular weight is 347 g/mol. The molecule has 1 heterocycles. The Morgan fingerprint density at radius 2 is 1.84 bits per heavy atom. The van der Waals surface area contributed by atoms with Crippen molar-refractivity contribution < 1.29 is 14.7 Å². The normalized spacial score (nSPS) is 13.6. The van der Waals surface area contributed by atoms with Crippen LogP contribution in [0.5, 0.6) is 0 Å². The monoisotopic (exact) mass is 347 g/mol. The summed E-state index contributed by atoms with van der Waals surface area (Å²) in [6.45, 7) is 5.02. The van der Waals surface area contributed by atoms with Crippen molar-refractivity contribution in [3.05, 3.63) is 45.1 Å². The van der Waals surface area contributed by atoms with Gasteiger partial charge in [-0.1, -0.05) is 26.0 Å². The van der Waals surface area contributed by atoms with E-state index in [4.69, 9.17) is 5.11 Å². The first-order chi connectivity index (χ1) is 11.7. The van der Waals surface area contributed by atoms with E-state index in [0.717, 1.165) is 4.57 Å². The van der Waals surface area contributed by atoms with E-state index in [1.807, 2.05) is 13.8 Å². The first kappa shape index (κ1) is 18.4. The van der Waals surface area contributed by atoms with Gasteiger partial charge in [0, 0.05) is 0 Å². The molecule has 0 aliphatic rings. The molecule has 2 aromatic rings. The third kappa shape index (κ3) is 3.96. The quantitative estimate of drug-likeness (QED) is 0.716. The largest absolute Gasteiger partial charge is 0.480 e. The second-order valence-corrected chi connectivity index (χ2v) is 6.36. The lowest BCUT2D eigenvalue weighted by Gasteiger charge is -2.21. The molecule has 0 spiro atoms. The van der Waals surface area contributed by atoms with E-state index in [2.05, 4.69) is 10.3 Å². The molecule has 3 N–H and O–H groups in total. The zero-order valence-corrected chi connectivity index (χ0v) is 14.3. The number of rotatable bonds is 6. The molecule has 0 radical (unpaired) electrons. The lowest BCUT2D eigenvalue weighted by Crippen LogP contribution is -2.48. The van der Waals surface area contributed by atoms with E-state index >= 15 is 0 Å². The summed E-state index contributed by atoms with van der Waals surface area (Å²) in [4.78, 5) is 51.3. The third-order valence-electron chi connectivity index (χ3n) is 3.87. The lowest BCUT2D eigenvalue weighted by molar-refractivity contribution is -0.141. The number of H-pyrrole nitrogens is 1. The Kier molecular flexibility index (Phi) is 5.41. The minimum absolute atomic E-state index is 0.00801. The molecule has 0 saturated heterocycles. The Balaban J connectivity index is 2.57. The van der Waals surface area contributed by atoms with Crippen molar-refractivity contribution in [2.24, 2.45) is 5.92 Å². The molecule has 1 aromatic carbocycles. The van der Waals surface area contributed by atoms with E-state index in [9.17, 15) is 19.2 Å². The van der Waals surface area contributed by atoms with Crippen LogP contribution in [-0.4, -0.2) is 32.6 Å². The Labute approximate surface area is 143 Å². The molecule has 0 bridgehead atoms. The Morgan fingerprint density at radius 3 is 2.44 bits per heavy atom. The van der Waals surface area contributed by atoms with Crippen LogP contribution in [0.3, 0.4) is 0 Å². The number of aromatic nitrogens is 2. The summed E-state index contributed by atoms with van der Waals surface area (Å²) in [5, 5.41) is 11.6. The molecule has 0 fully saturated rings. The van der Waals surface area contributed by atoms with Crippen LogP contribution in [0.15, 0.2) is 33.9 Å². The Morgan fingerprint density at radius 1 is 1.20 bits per heavy atom. The minimum atomic E-state index is -1.20. The van der Waals surface area contributed by atoms with Crippen molar-refractivity contribution in [1.82, 2.24) is 14.9 Å². The number of carbonyl (C=O) groups is 2. The van der Waals surface area contributed by atoms with Crippen LogP contribution < -0.4 is 16.6 Å². The van der Waals surface area contributed by atoms with Crippen LogP contribution >= 0.6 is 0 Å². The highest BCUT2D eigenvalue weighted by atomic mass is 16.4. The molecule has 0 aliphatic heterocycles. The highest BCUT2D eigenvalue weighted by molar-refractivity contribution is 5.86. The number of hydrogen-bond donors (Lipinski definition) is 3. The first-order valence-corrected chi connectivity index (χ1v) is 7.99. The number of benzene rings is 1. The summed E-state index contributed by atoms with van der Waals surface area (Å²) in [5.41, 5.74) is -0.896. The number of amides is 1. The van der Waals surface area contributed by atoms with E-state index in [1.54, 1.807) is 24.3 Å². The van der Waals surface area contributed by atoms with Crippen LogP contribution in [0.2, 0.25) is 0 Å². The number of nitrogens with zero attached hydrogens (tertiary/aromatic N) is 1. The molecular weight excluding hydrogens is 326 g/mol.